The number of carbonyl (C=O) groups is 1. The number of allylic oxidation sites excluding steroid dienone is 2. The summed E-state index contributed by atoms with van der Waals surface area (Å²) in [6.45, 7) is 0. The molecular weight excluding hydrogens is 297 g/mol. The van der Waals surface area contributed by atoms with Crippen LogP contribution in [0.25, 0.3) is 0 Å². The Hall–Kier alpha value is -0.400. The maximum absolute atomic E-state index is 10.5. The molecule has 0 heterocycles. The van der Waals surface area contributed by atoms with Crippen LogP contribution in [-0.2, 0) is 4.79 Å². The molecule has 0 aromatic carbocycles. The molecule has 0 aromatic rings. The molecule has 0 saturated carbocycles. The minimum Gasteiger partial charge on any atom is -0.480 e. The summed E-state index contributed by atoms with van der Waals surface area (Å²) in [5, 5.41) is 18.1. The van der Waals surface area contributed by atoms with Crippen molar-refractivity contribution in [1.29, 1.82) is 0 Å². The fourth-order valence-electron chi connectivity index (χ4n) is 1.19. The molecule has 4 N–H and O–H groups in total. The summed E-state index contributed by atoms with van der Waals surface area (Å²) in [5.74, 6) is -1.00. The van der Waals surface area contributed by atoms with Crippen LogP contribution >= 0.6 is 22.6 Å². The van der Waals surface area contributed by atoms with E-state index in [9.17, 15) is 9.90 Å². The third-order valence-corrected chi connectivity index (χ3v) is 2.72. The molecule has 0 saturated heterocycles. The van der Waals surface area contributed by atoms with E-state index < -0.39 is 15.6 Å². The molecule has 1 rings (SSSR count). The molecule has 0 unspecified atom stereocenters. The van der Waals surface area contributed by atoms with Crippen molar-refractivity contribution in [1.82, 2.24) is 0 Å². The lowest BCUT2D eigenvalue weighted by Gasteiger charge is -2.20. The fourth-order valence-corrected chi connectivity index (χ4v) is 1.60. The molecule has 0 fully saturated rings. The first kappa shape index (κ1) is 11.7. The van der Waals surface area contributed by atoms with Crippen molar-refractivity contribution in [3.8, 4) is 0 Å². The number of alkyl halides is 1. The minimum atomic E-state index is -0.998. The van der Waals surface area contributed by atoms with Gasteiger partial charge in [-0.2, -0.15) is 0 Å². The highest BCUT2D eigenvalue weighted by atomic mass is 127. The first-order valence-electron chi connectivity index (χ1n) is 4.19. The van der Waals surface area contributed by atoms with Gasteiger partial charge in [-0.1, -0.05) is 12.2 Å². The number of halogens is 1. The molecule has 0 bridgehead atoms. The molecule has 78 valence electrons. The van der Waals surface area contributed by atoms with Crippen LogP contribution in [0.1, 0.15) is 6.42 Å². The van der Waals surface area contributed by atoms with Crippen LogP contribution in [-0.4, -0.2) is 25.8 Å². The lowest BCUT2D eigenvalue weighted by molar-refractivity contribution is -0.138. The van der Waals surface area contributed by atoms with Crippen LogP contribution in [0.5, 0.6) is 0 Å². The molecule has 5 heteroatoms. The molecule has 0 spiro atoms. The zero-order valence-electron chi connectivity index (χ0n) is 7.43. The van der Waals surface area contributed by atoms with E-state index in [1.165, 1.54) is 0 Å². The summed E-state index contributed by atoms with van der Waals surface area (Å²) in [4.78, 5) is 10.5. The lowest BCUT2D eigenvalue weighted by Crippen LogP contribution is -2.32. The molecule has 4 nitrogen and oxygen atoms in total. The summed E-state index contributed by atoms with van der Waals surface area (Å²) < 4.78 is -0.943. The summed E-state index contributed by atoms with van der Waals surface area (Å²) >= 11 is 1.88. The number of nitrogens with two attached hydrogens (primary N) is 1. The van der Waals surface area contributed by atoms with Gasteiger partial charge in [0.05, 0.1) is 0 Å². The Morgan fingerprint density at radius 1 is 1.57 bits per heavy atom. The van der Waals surface area contributed by atoms with Gasteiger partial charge in [0.1, 0.15) is 6.04 Å². The van der Waals surface area contributed by atoms with Gasteiger partial charge in [-0.05, 0) is 47.1 Å². The van der Waals surface area contributed by atoms with E-state index in [1.54, 1.807) is 24.3 Å². The zero-order chi connectivity index (χ0) is 10.8. The van der Waals surface area contributed by atoms with Crippen molar-refractivity contribution < 1.29 is 15.0 Å². The van der Waals surface area contributed by atoms with Gasteiger partial charge in [0.25, 0.3) is 0 Å². The maximum atomic E-state index is 10.5. The van der Waals surface area contributed by atoms with Crippen molar-refractivity contribution in [3.63, 3.8) is 0 Å². The Balaban J connectivity index is 2.51. The Kier molecular flexibility index (Phi) is 3.68. The smallest absolute Gasteiger partial charge is 0.320 e. The van der Waals surface area contributed by atoms with Crippen LogP contribution in [0.4, 0.5) is 0 Å². The first-order valence-corrected chi connectivity index (χ1v) is 5.27. The largest absolute Gasteiger partial charge is 0.480 e. The number of carboxylic acids is 1. The normalized spacial score (nSPS) is 32.9. The SMILES string of the molecule is N[C@@H](CC1C=CC(O)(I)C=C1)C(=O)O. The van der Waals surface area contributed by atoms with Gasteiger partial charge >= 0.3 is 5.97 Å². The molecule has 0 radical (unpaired) electrons. The predicted octanol–water partition coefficient (Wildman–Crippen LogP) is 0.654. The van der Waals surface area contributed by atoms with Crippen molar-refractivity contribution >= 4 is 28.6 Å². The second-order valence-corrected chi connectivity index (χ2v) is 5.02. The average molecular weight is 309 g/mol. The average Bonchev–Trinajstić information content (AvgIpc) is 2.08. The van der Waals surface area contributed by atoms with E-state index in [0.717, 1.165) is 0 Å². The second kappa shape index (κ2) is 4.41. The Bertz CT molecular complexity index is 270. The highest BCUT2D eigenvalue weighted by molar-refractivity contribution is 14.1. The van der Waals surface area contributed by atoms with E-state index in [-0.39, 0.29) is 5.92 Å². The monoisotopic (exact) mass is 309 g/mol. The number of hydrogen-bond acceptors (Lipinski definition) is 3. The van der Waals surface area contributed by atoms with E-state index in [1.807, 2.05) is 22.6 Å². The predicted molar refractivity (Wildman–Crippen MR) is 61.0 cm³/mol. The lowest BCUT2D eigenvalue weighted by atomic mass is 9.95. The highest BCUT2D eigenvalue weighted by Gasteiger charge is 2.22. The molecule has 1 atom stereocenters. The van der Waals surface area contributed by atoms with Crippen LogP contribution in [0, 0.1) is 5.92 Å². The van der Waals surface area contributed by atoms with E-state index >= 15 is 0 Å². The molecule has 14 heavy (non-hydrogen) atoms. The maximum Gasteiger partial charge on any atom is 0.320 e. The zero-order valence-corrected chi connectivity index (χ0v) is 9.59. The van der Waals surface area contributed by atoms with Gasteiger partial charge in [0.2, 0.25) is 0 Å². The molecular formula is C9H12INO3. The summed E-state index contributed by atoms with van der Waals surface area (Å²) in [6, 6.07) is -0.852. The fraction of sp³-hybridized carbons (Fsp3) is 0.444. The standard InChI is InChI=1S/C9H12INO3/c10-9(14)3-1-6(2-4-9)5-7(11)8(12)13/h1-4,6-7,14H,5,11H2,(H,12,13)/t6?,7-,9?/m0/s1. The van der Waals surface area contributed by atoms with Crippen LogP contribution in [0.3, 0.4) is 0 Å². The first-order chi connectivity index (χ1) is 6.41. The third kappa shape index (κ3) is 3.39. The van der Waals surface area contributed by atoms with E-state index in [0.29, 0.717) is 6.42 Å². The van der Waals surface area contributed by atoms with Gasteiger partial charge in [-0.15, -0.1) is 0 Å². The summed E-state index contributed by atoms with van der Waals surface area (Å²) in [7, 11) is 0. The minimum absolute atomic E-state index is 0.00357. The van der Waals surface area contributed by atoms with Crippen molar-refractivity contribution in [2.75, 3.05) is 0 Å². The molecule has 1 aliphatic rings. The quantitative estimate of drug-likeness (QED) is 0.406. The number of rotatable bonds is 3. The molecule has 0 aromatic heterocycles. The van der Waals surface area contributed by atoms with Crippen LogP contribution in [0.15, 0.2) is 24.3 Å². The molecule has 0 aliphatic heterocycles. The van der Waals surface area contributed by atoms with Gasteiger partial charge in [0.15, 0.2) is 3.61 Å². The summed E-state index contributed by atoms with van der Waals surface area (Å²) in [5.41, 5.74) is 5.38. The Morgan fingerprint density at radius 2 is 2.07 bits per heavy atom. The van der Waals surface area contributed by atoms with Gasteiger partial charge < -0.3 is 15.9 Å². The van der Waals surface area contributed by atoms with Crippen LogP contribution < -0.4 is 5.73 Å². The van der Waals surface area contributed by atoms with Crippen molar-refractivity contribution in [2.24, 2.45) is 11.7 Å². The number of aliphatic hydroxyl groups is 1. The van der Waals surface area contributed by atoms with E-state index in [4.69, 9.17) is 10.8 Å². The van der Waals surface area contributed by atoms with Gasteiger partial charge in [-0.3, -0.25) is 4.79 Å². The van der Waals surface area contributed by atoms with E-state index in [2.05, 4.69) is 0 Å². The molecule has 1 aliphatic carbocycles. The number of aliphatic carboxylic acids is 1. The Morgan fingerprint density at radius 3 is 2.50 bits per heavy atom. The second-order valence-electron chi connectivity index (χ2n) is 3.29. The Labute approximate surface area is 95.6 Å². The van der Waals surface area contributed by atoms with Crippen LogP contribution in [0.2, 0.25) is 0 Å². The third-order valence-electron chi connectivity index (χ3n) is 2.00. The topological polar surface area (TPSA) is 83.5 Å². The summed E-state index contributed by atoms with van der Waals surface area (Å²) in [6.07, 6.45) is 7.17. The molecule has 0 amide bonds. The highest BCUT2D eigenvalue weighted by Crippen LogP contribution is 2.26. The number of hydrogen-bond donors (Lipinski definition) is 3. The van der Waals surface area contributed by atoms with Crippen molar-refractivity contribution in [2.45, 2.75) is 16.1 Å². The number of carboxylic acid groups (broad SMARTS) is 1. The van der Waals surface area contributed by atoms with Gasteiger partial charge in [0, 0.05) is 0 Å². The van der Waals surface area contributed by atoms with Crippen molar-refractivity contribution in [3.05, 3.63) is 24.3 Å². The van der Waals surface area contributed by atoms with Gasteiger partial charge in [-0.25, -0.2) is 0 Å².